The first-order chi connectivity index (χ1) is 9.65. The average Bonchev–Trinajstić information content (AvgIpc) is 2.80. The topological polar surface area (TPSA) is 32.9 Å². The second-order valence-corrected chi connectivity index (χ2v) is 5.62. The molecule has 0 bridgehead atoms. The van der Waals surface area contributed by atoms with Crippen LogP contribution in [0.4, 0.5) is 8.78 Å². The van der Waals surface area contributed by atoms with E-state index in [1.807, 2.05) is 0 Å². The Labute approximate surface area is 115 Å². The number of H-pyrrole nitrogens is 1. The lowest BCUT2D eigenvalue weighted by Crippen LogP contribution is -2.05. The third-order valence-electron chi connectivity index (χ3n) is 3.38. The zero-order chi connectivity index (χ0) is 13.9. The fourth-order valence-electron chi connectivity index (χ4n) is 2.53. The number of para-hydroxylation sites is 1. The van der Waals surface area contributed by atoms with Crippen LogP contribution >= 0.6 is 11.3 Å². The second kappa shape index (κ2) is 3.86. The summed E-state index contributed by atoms with van der Waals surface area (Å²) in [7, 11) is 0. The fourth-order valence-corrected chi connectivity index (χ4v) is 3.62. The van der Waals surface area contributed by atoms with Crippen molar-refractivity contribution in [3.63, 3.8) is 0 Å². The Morgan fingerprint density at radius 2 is 1.90 bits per heavy atom. The number of pyridine rings is 1. The van der Waals surface area contributed by atoms with Crippen LogP contribution in [0.15, 0.2) is 41.2 Å². The molecule has 98 valence electrons. The van der Waals surface area contributed by atoms with E-state index in [1.165, 1.54) is 29.5 Å². The largest absolute Gasteiger partial charge is 0.318 e. The molecule has 5 heteroatoms. The monoisotopic (exact) mass is 287 g/mol. The van der Waals surface area contributed by atoms with Crippen LogP contribution in [0, 0.1) is 11.6 Å². The molecule has 0 fully saturated rings. The van der Waals surface area contributed by atoms with Crippen molar-refractivity contribution in [1.82, 2.24) is 4.98 Å². The molecular weight excluding hydrogens is 280 g/mol. The first-order valence-corrected chi connectivity index (χ1v) is 6.79. The lowest BCUT2D eigenvalue weighted by molar-refractivity contribution is 0.630. The number of aromatic amines is 1. The Kier molecular flexibility index (Phi) is 2.23. The van der Waals surface area contributed by atoms with Crippen LogP contribution in [0.1, 0.15) is 0 Å². The van der Waals surface area contributed by atoms with E-state index >= 15 is 0 Å². The zero-order valence-electron chi connectivity index (χ0n) is 10.0. The highest BCUT2D eigenvalue weighted by atomic mass is 32.1. The minimum atomic E-state index is -0.489. The minimum absolute atomic E-state index is 0.161. The van der Waals surface area contributed by atoms with Gasteiger partial charge in [0.25, 0.3) is 5.56 Å². The summed E-state index contributed by atoms with van der Waals surface area (Å²) in [4.78, 5) is 14.7. The van der Waals surface area contributed by atoms with Crippen molar-refractivity contribution in [3.05, 3.63) is 58.4 Å². The van der Waals surface area contributed by atoms with Gasteiger partial charge in [-0.15, -0.1) is 11.3 Å². The molecule has 2 aromatic heterocycles. The summed E-state index contributed by atoms with van der Waals surface area (Å²) in [5, 5.41) is 1.85. The molecule has 0 unspecified atom stereocenters. The third-order valence-corrected chi connectivity index (χ3v) is 4.55. The number of nitrogens with one attached hydrogen (secondary N) is 1. The standard InChI is InChI=1S/C15H7F2NOS/c16-7-4-5-11-9(6-7)12-8-2-1-3-10(17)13(8)18-15(19)14(12)20-11/h1-6H,(H,18,19). The summed E-state index contributed by atoms with van der Waals surface area (Å²) in [5.74, 6) is -0.862. The van der Waals surface area contributed by atoms with E-state index in [4.69, 9.17) is 0 Å². The second-order valence-electron chi connectivity index (χ2n) is 4.56. The van der Waals surface area contributed by atoms with Crippen LogP contribution in [0.3, 0.4) is 0 Å². The number of fused-ring (bicyclic) bond motifs is 5. The van der Waals surface area contributed by atoms with Gasteiger partial charge in [-0.1, -0.05) is 12.1 Å². The number of hydrogen-bond acceptors (Lipinski definition) is 2. The summed E-state index contributed by atoms with van der Waals surface area (Å²) in [6.45, 7) is 0. The minimum Gasteiger partial charge on any atom is -0.318 e. The van der Waals surface area contributed by atoms with Crippen molar-refractivity contribution in [2.75, 3.05) is 0 Å². The van der Waals surface area contributed by atoms with Crippen molar-refractivity contribution in [3.8, 4) is 0 Å². The SMILES string of the molecule is O=c1[nH]c2c(F)cccc2c2c1sc1ccc(F)cc12. The maximum atomic E-state index is 13.8. The number of rotatable bonds is 0. The van der Waals surface area contributed by atoms with Crippen molar-refractivity contribution >= 4 is 42.4 Å². The van der Waals surface area contributed by atoms with Gasteiger partial charge in [0.2, 0.25) is 0 Å². The highest BCUT2D eigenvalue weighted by molar-refractivity contribution is 7.25. The summed E-state index contributed by atoms with van der Waals surface area (Å²) in [5.41, 5.74) is -0.187. The predicted molar refractivity (Wildman–Crippen MR) is 77.4 cm³/mol. The Balaban J connectivity index is 2.41. The number of hydrogen-bond donors (Lipinski definition) is 1. The highest BCUT2D eigenvalue weighted by Gasteiger charge is 2.14. The van der Waals surface area contributed by atoms with Crippen LogP contribution in [0.5, 0.6) is 0 Å². The van der Waals surface area contributed by atoms with Crippen LogP contribution in [-0.2, 0) is 0 Å². The quantitative estimate of drug-likeness (QED) is 0.517. The predicted octanol–water partition coefficient (Wildman–Crippen LogP) is 4.17. The highest BCUT2D eigenvalue weighted by Crippen LogP contribution is 2.36. The van der Waals surface area contributed by atoms with E-state index in [0.29, 0.717) is 20.9 Å². The molecule has 2 aromatic carbocycles. The van der Waals surface area contributed by atoms with Crippen molar-refractivity contribution in [2.45, 2.75) is 0 Å². The molecule has 0 amide bonds. The number of aromatic nitrogens is 1. The first-order valence-electron chi connectivity index (χ1n) is 5.97. The zero-order valence-corrected chi connectivity index (χ0v) is 10.9. The molecule has 0 saturated heterocycles. The molecule has 0 saturated carbocycles. The van der Waals surface area contributed by atoms with Gasteiger partial charge >= 0.3 is 0 Å². The van der Waals surface area contributed by atoms with Crippen LogP contribution < -0.4 is 5.56 Å². The van der Waals surface area contributed by atoms with E-state index in [1.54, 1.807) is 18.2 Å². The van der Waals surface area contributed by atoms with Crippen molar-refractivity contribution < 1.29 is 8.78 Å². The summed E-state index contributed by atoms with van der Waals surface area (Å²) >= 11 is 1.28. The molecule has 0 aliphatic heterocycles. The van der Waals surface area contributed by atoms with Gasteiger partial charge in [-0.2, -0.15) is 0 Å². The number of thiophene rings is 1. The molecule has 4 rings (SSSR count). The van der Waals surface area contributed by atoms with Gasteiger partial charge in [-0.25, -0.2) is 8.78 Å². The molecule has 1 N–H and O–H groups in total. The van der Waals surface area contributed by atoms with Gasteiger partial charge in [0.15, 0.2) is 0 Å². The van der Waals surface area contributed by atoms with Gasteiger partial charge in [0, 0.05) is 20.9 Å². The maximum absolute atomic E-state index is 13.8. The summed E-state index contributed by atoms with van der Waals surface area (Å²) < 4.78 is 28.6. The maximum Gasteiger partial charge on any atom is 0.266 e. The molecule has 20 heavy (non-hydrogen) atoms. The van der Waals surface area contributed by atoms with E-state index < -0.39 is 5.82 Å². The average molecular weight is 287 g/mol. The Hall–Kier alpha value is -2.27. The smallest absolute Gasteiger partial charge is 0.266 e. The van der Waals surface area contributed by atoms with Gasteiger partial charge < -0.3 is 4.98 Å². The molecular formula is C15H7F2NOS. The first kappa shape index (κ1) is 11.5. The Morgan fingerprint density at radius 1 is 1.05 bits per heavy atom. The lowest BCUT2D eigenvalue weighted by atomic mass is 10.1. The number of benzene rings is 2. The van der Waals surface area contributed by atoms with Crippen molar-refractivity contribution in [2.24, 2.45) is 0 Å². The number of halogens is 2. The molecule has 0 spiro atoms. The molecule has 0 radical (unpaired) electrons. The summed E-state index contributed by atoms with van der Waals surface area (Å²) in [6, 6.07) is 8.98. The Morgan fingerprint density at radius 3 is 2.75 bits per heavy atom. The molecule has 2 nitrogen and oxygen atoms in total. The van der Waals surface area contributed by atoms with Crippen molar-refractivity contribution in [1.29, 1.82) is 0 Å². The van der Waals surface area contributed by atoms with E-state index in [0.717, 1.165) is 4.70 Å². The van der Waals surface area contributed by atoms with Gasteiger partial charge in [-0.3, -0.25) is 4.79 Å². The molecule has 0 aliphatic rings. The lowest BCUT2D eigenvalue weighted by Gasteiger charge is -2.01. The van der Waals surface area contributed by atoms with E-state index in [-0.39, 0.29) is 16.9 Å². The van der Waals surface area contributed by atoms with E-state index in [2.05, 4.69) is 4.98 Å². The van der Waals surface area contributed by atoms with Crippen LogP contribution in [0.2, 0.25) is 0 Å². The van der Waals surface area contributed by atoms with Gasteiger partial charge in [0.1, 0.15) is 16.3 Å². The van der Waals surface area contributed by atoms with Gasteiger partial charge in [0.05, 0.1) is 5.52 Å². The van der Waals surface area contributed by atoms with E-state index in [9.17, 15) is 13.6 Å². The van der Waals surface area contributed by atoms with Gasteiger partial charge in [-0.05, 0) is 24.3 Å². The fraction of sp³-hybridized carbons (Fsp3) is 0. The Bertz CT molecular complexity index is 1050. The third kappa shape index (κ3) is 1.44. The molecule has 0 atom stereocenters. The van der Waals surface area contributed by atoms with Crippen LogP contribution in [-0.4, -0.2) is 4.98 Å². The molecule has 2 heterocycles. The molecule has 4 aromatic rings. The normalized spacial score (nSPS) is 11.7. The van der Waals surface area contributed by atoms with Crippen LogP contribution in [0.25, 0.3) is 31.1 Å². The summed E-state index contributed by atoms with van der Waals surface area (Å²) in [6.07, 6.45) is 0. The molecule has 0 aliphatic carbocycles.